The van der Waals surface area contributed by atoms with Gasteiger partial charge in [-0.05, 0) is 46.7 Å². The van der Waals surface area contributed by atoms with Crippen molar-refractivity contribution in [1.82, 2.24) is 10.3 Å². The number of nitrogens with two attached hydrogens (primary N) is 1. The van der Waals surface area contributed by atoms with Gasteiger partial charge in [-0.2, -0.15) is 0 Å². The van der Waals surface area contributed by atoms with Gasteiger partial charge in [0.2, 0.25) is 11.0 Å². The Morgan fingerprint density at radius 2 is 1.73 bits per heavy atom. The molecular weight excluding hydrogens is 586 g/mol. The molecule has 11 heteroatoms. The highest BCUT2D eigenvalue weighted by molar-refractivity contribution is 7.21. The summed E-state index contributed by atoms with van der Waals surface area (Å²) in [6.45, 7) is 0. The van der Waals surface area contributed by atoms with E-state index in [1.807, 2.05) is 42.5 Å². The zero-order valence-electron chi connectivity index (χ0n) is 22.9. The van der Waals surface area contributed by atoms with Gasteiger partial charge in [-0.15, -0.1) is 11.3 Å². The average molecular weight is 608 g/mol. The van der Waals surface area contributed by atoms with Gasteiger partial charge < -0.3 is 15.6 Å². The van der Waals surface area contributed by atoms with Crippen LogP contribution in [0.1, 0.15) is 15.4 Å². The lowest BCUT2D eigenvalue weighted by atomic mass is 9.96. The van der Waals surface area contributed by atoms with Crippen LogP contribution in [-0.4, -0.2) is 28.3 Å². The molecule has 0 bridgehead atoms. The molecule has 0 saturated heterocycles. The number of thiophene rings is 1. The molecule has 0 aliphatic rings. The van der Waals surface area contributed by atoms with Gasteiger partial charge in [-0.1, -0.05) is 42.5 Å². The topological polar surface area (TPSA) is 115 Å². The second kappa shape index (κ2) is 10.5. The van der Waals surface area contributed by atoms with Crippen molar-refractivity contribution in [3.05, 3.63) is 113 Å². The standard InChI is InChI=1S/C33H20F2N4O4S/c1-42-20-12-10-19(11-13-20)39-29(33(41)43-38-39)30(40)31-28(36)27-24(22-14-9-18(34)15-25(22)35)16-26(37-32(27)44-31)23-8-4-6-17-5-2-3-7-21(17)23/h2-16H,1H3,(H2-,36,38,40,41)/p+1. The first kappa shape index (κ1) is 27.2. The van der Waals surface area contributed by atoms with Crippen molar-refractivity contribution in [3.8, 4) is 39.8 Å². The van der Waals surface area contributed by atoms with E-state index in [0.29, 0.717) is 32.9 Å². The summed E-state index contributed by atoms with van der Waals surface area (Å²) in [5, 5.41) is 16.6. The number of halogens is 2. The maximum atomic E-state index is 15.3. The number of ketones is 1. The molecule has 7 rings (SSSR count). The fraction of sp³-hybridized carbons (Fsp3) is 0.0303. The number of hydrogen-bond acceptors (Lipinski definition) is 8. The Hall–Kier alpha value is -5.68. The number of aromatic hydroxyl groups is 1. The van der Waals surface area contributed by atoms with Crippen LogP contribution in [0.3, 0.4) is 0 Å². The van der Waals surface area contributed by atoms with Crippen molar-refractivity contribution in [2.24, 2.45) is 0 Å². The lowest BCUT2D eigenvalue weighted by molar-refractivity contribution is -0.672. The minimum Gasteiger partial charge on any atom is -0.497 e. The van der Waals surface area contributed by atoms with Gasteiger partial charge in [-0.3, -0.25) is 9.32 Å². The number of anilines is 1. The number of hydrogen-bond donors (Lipinski definition) is 2. The number of methoxy groups -OCH3 is 1. The normalized spacial score (nSPS) is 11.3. The molecule has 0 saturated carbocycles. The van der Waals surface area contributed by atoms with E-state index < -0.39 is 23.4 Å². The molecule has 0 radical (unpaired) electrons. The van der Waals surface area contributed by atoms with Crippen LogP contribution in [0.5, 0.6) is 11.7 Å². The number of pyridine rings is 1. The van der Waals surface area contributed by atoms with Crippen LogP contribution in [0.15, 0.2) is 95.5 Å². The number of aromatic nitrogens is 3. The predicted octanol–water partition coefficient (Wildman–Crippen LogP) is 6.85. The van der Waals surface area contributed by atoms with Crippen molar-refractivity contribution in [1.29, 1.82) is 0 Å². The van der Waals surface area contributed by atoms with Crippen LogP contribution in [0.2, 0.25) is 0 Å². The zero-order chi connectivity index (χ0) is 30.5. The number of nitrogen functional groups attached to an aromatic ring is 1. The van der Waals surface area contributed by atoms with Gasteiger partial charge in [0.1, 0.15) is 27.1 Å². The van der Waals surface area contributed by atoms with Crippen LogP contribution in [0.4, 0.5) is 14.5 Å². The van der Waals surface area contributed by atoms with E-state index >= 15 is 4.39 Å². The zero-order valence-corrected chi connectivity index (χ0v) is 23.7. The van der Waals surface area contributed by atoms with Crippen molar-refractivity contribution in [2.75, 3.05) is 12.8 Å². The molecule has 0 spiro atoms. The molecule has 4 aromatic carbocycles. The van der Waals surface area contributed by atoms with E-state index in [2.05, 4.69) is 5.27 Å². The van der Waals surface area contributed by atoms with Crippen LogP contribution in [0, 0.1) is 11.6 Å². The van der Waals surface area contributed by atoms with Crippen LogP contribution >= 0.6 is 11.3 Å². The van der Waals surface area contributed by atoms with E-state index in [1.54, 1.807) is 30.3 Å². The third-order valence-electron chi connectivity index (χ3n) is 7.35. The Bertz CT molecular complexity index is 2240. The van der Waals surface area contributed by atoms with Gasteiger partial charge in [-0.25, -0.2) is 13.8 Å². The quantitative estimate of drug-likeness (QED) is 0.157. The number of nitrogens with zero attached hydrogens (tertiary/aromatic N) is 3. The Kier molecular flexibility index (Phi) is 6.51. The summed E-state index contributed by atoms with van der Waals surface area (Å²) < 4.78 is 40.5. The third-order valence-corrected chi connectivity index (χ3v) is 8.45. The largest absolute Gasteiger partial charge is 0.497 e. The van der Waals surface area contributed by atoms with E-state index in [9.17, 15) is 14.3 Å². The summed E-state index contributed by atoms with van der Waals surface area (Å²) in [4.78, 5) is 19.2. The second-order valence-corrected chi connectivity index (χ2v) is 10.9. The van der Waals surface area contributed by atoms with Crippen LogP contribution in [-0.2, 0) is 0 Å². The van der Waals surface area contributed by atoms with Crippen molar-refractivity contribution in [2.45, 2.75) is 0 Å². The highest BCUT2D eigenvalue weighted by Crippen LogP contribution is 2.43. The number of carbonyl (C=O) groups excluding carboxylic acids is 1. The monoisotopic (exact) mass is 607 g/mol. The van der Waals surface area contributed by atoms with E-state index in [1.165, 1.54) is 13.2 Å². The Labute approximate surface area is 252 Å². The summed E-state index contributed by atoms with van der Waals surface area (Å²) in [7, 11) is 1.52. The summed E-state index contributed by atoms with van der Waals surface area (Å²) in [6, 6.07) is 25.1. The lowest BCUT2D eigenvalue weighted by Crippen LogP contribution is -2.38. The molecule has 44 heavy (non-hydrogen) atoms. The third kappa shape index (κ3) is 4.41. The van der Waals surface area contributed by atoms with Gasteiger partial charge in [0.05, 0.1) is 18.5 Å². The molecule has 8 nitrogen and oxygen atoms in total. The first-order valence-corrected chi connectivity index (χ1v) is 14.1. The molecule has 0 amide bonds. The fourth-order valence-electron chi connectivity index (χ4n) is 5.25. The summed E-state index contributed by atoms with van der Waals surface area (Å²) in [5.74, 6) is -2.34. The lowest BCUT2D eigenvalue weighted by Gasteiger charge is -2.11. The fourth-order valence-corrected chi connectivity index (χ4v) is 6.31. The first-order chi connectivity index (χ1) is 21.3. The molecule has 0 fully saturated rings. The van der Waals surface area contributed by atoms with Crippen molar-refractivity contribution >= 4 is 43.8 Å². The minimum absolute atomic E-state index is 0.0209. The van der Waals surface area contributed by atoms with E-state index in [-0.39, 0.29) is 21.8 Å². The van der Waals surface area contributed by atoms with Crippen LogP contribution in [0.25, 0.3) is 49.1 Å². The second-order valence-electron chi connectivity index (χ2n) is 9.90. The first-order valence-electron chi connectivity index (χ1n) is 13.3. The van der Waals surface area contributed by atoms with Crippen LogP contribution < -0.4 is 15.2 Å². The molecule has 0 unspecified atom stereocenters. The molecule has 3 heterocycles. The Morgan fingerprint density at radius 1 is 0.955 bits per heavy atom. The maximum absolute atomic E-state index is 15.3. The number of fused-ring (bicyclic) bond motifs is 2. The van der Waals surface area contributed by atoms with Gasteiger partial charge >= 0.3 is 11.6 Å². The molecule has 7 aromatic rings. The number of rotatable bonds is 6. The molecule has 0 aliphatic carbocycles. The maximum Gasteiger partial charge on any atom is 0.393 e. The number of carbonyl (C=O) groups is 1. The molecule has 0 aliphatic heterocycles. The summed E-state index contributed by atoms with van der Waals surface area (Å²) in [6.07, 6.45) is 0. The molecule has 3 aromatic heterocycles. The van der Waals surface area contributed by atoms with Gasteiger partial charge in [0.15, 0.2) is 0 Å². The highest BCUT2D eigenvalue weighted by Gasteiger charge is 2.37. The minimum atomic E-state index is -0.797. The predicted molar refractivity (Wildman–Crippen MR) is 162 cm³/mol. The number of benzene rings is 4. The average Bonchev–Trinajstić information content (AvgIpc) is 3.59. The smallest absolute Gasteiger partial charge is 0.393 e. The molecule has 3 N–H and O–H groups in total. The molecule has 0 atom stereocenters. The number of ether oxygens (including phenoxy) is 1. The van der Waals surface area contributed by atoms with Crippen molar-refractivity contribution in [3.63, 3.8) is 0 Å². The van der Waals surface area contributed by atoms with E-state index in [4.69, 9.17) is 20.0 Å². The SMILES string of the molecule is COc1ccc(-[n+]2noc(O)c2C(=O)c2sc3nc(-c4cccc5ccccc45)cc(-c4ccc(F)cc4F)c3c2N)cc1. The Morgan fingerprint density at radius 3 is 2.50 bits per heavy atom. The summed E-state index contributed by atoms with van der Waals surface area (Å²) >= 11 is 0.985. The van der Waals surface area contributed by atoms with Gasteiger partial charge in [0, 0.05) is 39.4 Å². The molecule has 216 valence electrons. The highest BCUT2D eigenvalue weighted by atomic mass is 32.1. The molecular formula is C33H21F2N4O4S+. The Balaban J connectivity index is 1.46. The van der Waals surface area contributed by atoms with Crippen molar-refractivity contribution < 1.29 is 32.6 Å². The summed E-state index contributed by atoms with van der Waals surface area (Å²) in [5.41, 5.74) is 8.50. The van der Waals surface area contributed by atoms with E-state index in [0.717, 1.165) is 44.5 Å². The van der Waals surface area contributed by atoms with Gasteiger partial charge in [0.25, 0.3) is 5.78 Å².